The van der Waals surface area contributed by atoms with Crippen LogP contribution in [0.5, 0.6) is 0 Å². The molecule has 1 N–H and O–H groups in total. The molecule has 1 rings (SSSR count). The van der Waals surface area contributed by atoms with Crippen LogP contribution in [-0.2, 0) is 4.79 Å². The number of carboxylic acid groups (broad SMARTS) is 1. The van der Waals surface area contributed by atoms with Gasteiger partial charge in [0.05, 0.1) is 6.54 Å². The van der Waals surface area contributed by atoms with Gasteiger partial charge in [0, 0.05) is 11.6 Å². The van der Waals surface area contributed by atoms with E-state index in [2.05, 4.69) is 0 Å². The summed E-state index contributed by atoms with van der Waals surface area (Å²) in [5.41, 5.74) is -0.0767. The molecule has 0 bridgehead atoms. The number of hydrogen-bond acceptors (Lipinski definition) is 2. The highest BCUT2D eigenvalue weighted by molar-refractivity contribution is 5.85. The molecule has 0 saturated carbocycles. The first-order valence-electron chi connectivity index (χ1n) is 5.87. The number of aliphatic carboxylic acids is 1. The maximum atomic E-state index is 13.6. The minimum absolute atomic E-state index is 0. The standard InChI is InChI=1S/C13H17F2NO2.ClH/c1-3-7-16(8-12(17)18)9(2)13-10(14)5-4-6-11(13)15;/h4-6,9H,3,7-8H2,1-2H3,(H,17,18);1H. The van der Waals surface area contributed by atoms with Gasteiger partial charge in [0.2, 0.25) is 0 Å². The average molecular weight is 294 g/mol. The van der Waals surface area contributed by atoms with Crippen LogP contribution < -0.4 is 0 Å². The molecule has 0 radical (unpaired) electrons. The molecule has 3 nitrogen and oxygen atoms in total. The Balaban J connectivity index is 0.00000324. The second-order valence-corrected chi connectivity index (χ2v) is 4.18. The lowest BCUT2D eigenvalue weighted by Gasteiger charge is -2.27. The van der Waals surface area contributed by atoms with Gasteiger partial charge in [-0.3, -0.25) is 9.69 Å². The van der Waals surface area contributed by atoms with E-state index in [1.165, 1.54) is 18.2 Å². The van der Waals surface area contributed by atoms with E-state index in [1.807, 2.05) is 6.92 Å². The van der Waals surface area contributed by atoms with Gasteiger partial charge in [-0.25, -0.2) is 8.78 Å². The summed E-state index contributed by atoms with van der Waals surface area (Å²) in [6.45, 7) is 3.74. The maximum absolute atomic E-state index is 13.6. The van der Waals surface area contributed by atoms with E-state index >= 15 is 0 Å². The van der Waals surface area contributed by atoms with Crippen molar-refractivity contribution in [1.82, 2.24) is 4.90 Å². The topological polar surface area (TPSA) is 40.5 Å². The normalized spacial score (nSPS) is 12.1. The zero-order chi connectivity index (χ0) is 13.7. The fourth-order valence-corrected chi connectivity index (χ4v) is 1.96. The molecule has 108 valence electrons. The molecule has 19 heavy (non-hydrogen) atoms. The zero-order valence-corrected chi connectivity index (χ0v) is 11.7. The number of carboxylic acids is 1. The van der Waals surface area contributed by atoms with Crippen LogP contribution >= 0.6 is 12.4 Å². The van der Waals surface area contributed by atoms with Crippen LogP contribution in [0.2, 0.25) is 0 Å². The Morgan fingerprint density at radius 2 is 1.89 bits per heavy atom. The highest BCUT2D eigenvalue weighted by Gasteiger charge is 2.23. The van der Waals surface area contributed by atoms with Crippen molar-refractivity contribution in [3.63, 3.8) is 0 Å². The molecular formula is C13H18ClF2NO2. The second-order valence-electron chi connectivity index (χ2n) is 4.18. The third-order valence-electron chi connectivity index (χ3n) is 2.81. The van der Waals surface area contributed by atoms with E-state index in [0.29, 0.717) is 13.0 Å². The molecule has 1 atom stereocenters. The van der Waals surface area contributed by atoms with Gasteiger partial charge >= 0.3 is 5.97 Å². The molecule has 0 saturated heterocycles. The molecule has 0 amide bonds. The van der Waals surface area contributed by atoms with E-state index < -0.39 is 23.6 Å². The number of hydrogen-bond donors (Lipinski definition) is 1. The summed E-state index contributed by atoms with van der Waals surface area (Å²) in [7, 11) is 0. The summed E-state index contributed by atoms with van der Waals surface area (Å²) in [4.78, 5) is 12.3. The van der Waals surface area contributed by atoms with Crippen LogP contribution in [0.1, 0.15) is 31.9 Å². The first-order valence-corrected chi connectivity index (χ1v) is 5.87. The minimum Gasteiger partial charge on any atom is -0.480 e. The number of carbonyl (C=O) groups is 1. The van der Waals surface area contributed by atoms with Gasteiger partial charge in [0.1, 0.15) is 11.6 Å². The van der Waals surface area contributed by atoms with Gasteiger partial charge in [0.15, 0.2) is 0 Å². The smallest absolute Gasteiger partial charge is 0.317 e. The summed E-state index contributed by atoms with van der Waals surface area (Å²) in [6.07, 6.45) is 0.716. The van der Waals surface area contributed by atoms with E-state index in [-0.39, 0.29) is 24.5 Å². The highest BCUT2D eigenvalue weighted by atomic mass is 35.5. The molecule has 0 aliphatic rings. The van der Waals surface area contributed by atoms with Crippen molar-refractivity contribution in [2.24, 2.45) is 0 Å². The van der Waals surface area contributed by atoms with Crippen LogP contribution in [0.25, 0.3) is 0 Å². The van der Waals surface area contributed by atoms with E-state index in [1.54, 1.807) is 11.8 Å². The Labute approximate surface area is 117 Å². The molecule has 0 aliphatic carbocycles. The predicted molar refractivity (Wildman–Crippen MR) is 71.5 cm³/mol. The number of halogens is 3. The van der Waals surface area contributed by atoms with Crippen molar-refractivity contribution in [3.05, 3.63) is 35.4 Å². The lowest BCUT2D eigenvalue weighted by atomic mass is 10.1. The predicted octanol–water partition coefficient (Wildman–Crippen LogP) is 3.24. The van der Waals surface area contributed by atoms with Crippen molar-refractivity contribution >= 4 is 18.4 Å². The summed E-state index contributed by atoms with van der Waals surface area (Å²) >= 11 is 0. The SMILES string of the molecule is CCCN(CC(=O)O)C(C)c1c(F)cccc1F.Cl. The Morgan fingerprint density at radius 3 is 2.32 bits per heavy atom. The van der Waals surface area contributed by atoms with E-state index in [0.717, 1.165) is 0 Å². The molecular weight excluding hydrogens is 276 g/mol. The van der Waals surface area contributed by atoms with Gasteiger partial charge in [0.25, 0.3) is 0 Å². The molecule has 0 fully saturated rings. The Kier molecular flexibility index (Phi) is 7.56. The van der Waals surface area contributed by atoms with Crippen molar-refractivity contribution in [2.75, 3.05) is 13.1 Å². The highest BCUT2D eigenvalue weighted by Crippen LogP contribution is 2.25. The van der Waals surface area contributed by atoms with Crippen molar-refractivity contribution in [2.45, 2.75) is 26.3 Å². The third kappa shape index (κ3) is 4.76. The van der Waals surface area contributed by atoms with E-state index in [4.69, 9.17) is 5.11 Å². The van der Waals surface area contributed by atoms with Gasteiger partial charge < -0.3 is 5.11 Å². The molecule has 6 heteroatoms. The quantitative estimate of drug-likeness (QED) is 0.875. The van der Waals surface area contributed by atoms with Gasteiger partial charge in [-0.15, -0.1) is 12.4 Å². The molecule has 0 aliphatic heterocycles. The maximum Gasteiger partial charge on any atom is 0.317 e. The van der Waals surface area contributed by atoms with Gasteiger partial charge in [-0.05, 0) is 32.0 Å². The molecule has 0 heterocycles. The largest absolute Gasteiger partial charge is 0.480 e. The minimum atomic E-state index is -1.01. The second kappa shape index (κ2) is 8.07. The number of nitrogens with zero attached hydrogens (tertiary/aromatic N) is 1. The van der Waals surface area contributed by atoms with Gasteiger partial charge in [-0.2, -0.15) is 0 Å². The molecule has 0 aromatic heterocycles. The van der Waals surface area contributed by atoms with Crippen LogP contribution in [0, 0.1) is 11.6 Å². The van der Waals surface area contributed by atoms with Crippen LogP contribution in [0.15, 0.2) is 18.2 Å². The molecule has 0 spiro atoms. The van der Waals surface area contributed by atoms with Crippen LogP contribution in [0.3, 0.4) is 0 Å². The summed E-state index contributed by atoms with van der Waals surface area (Å²) in [5, 5.41) is 8.82. The van der Waals surface area contributed by atoms with E-state index in [9.17, 15) is 13.6 Å². The first kappa shape index (κ1) is 17.8. The van der Waals surface area contributed by atoms with Crippen molar-refractivity contribution < 1.29 is 18.7 Å². The summed E-state index contributed by atoms with van der Waals surface area (Å²) in [6, 6.07) is 3.05. The Bertz CT molecular complexity index is 409. The monoisotopic (exact) mass is 293 g/mol. The fourth-order valence-electron chi connectivity index (χ4n) is 1.96. The number of rotatable bonds is 6. The van der Waals surface area contributed by atoms with Crippen LogP contribution in [-0.4, -0.2) is 29.1 Å². The lowest BCUT2D eigenvalue weighted by molar-refractivity contribution is -0.138. The first-order chi connectivity index (χ1) is 8.47. The Morgan fingerprint density at radius 1 is 1.37 bits per heavy atom. The average Bonchev–Trinajstić information content (AvgIpc) is 2.27. The third-order valence-corrected chi connectivity index (χ3v) is 2.81. The Hall–Kier alpha value is -1.20. The summed E-state index contributed by atoms with van der Waals surface area (Å²) < 4.78 is 27.2. The summed E-state index contributed by atoms with van der Waals surface area (Å²) in [5.74, 6) is -2.30. The molecule has 1 unspecified atom stereocenters. The number of benzene rings is 1. The van der Waals surface area contributed by atoms with Crippen LogP contribution in [0.4, 0.5) is 8.78 Å². The zero-order valence-electron chi connectivity index (χ0n) is 10.9. The van der Waals surface area contributed by atoms with Gasteiger partial charge in [-0.1, -0.05) is 13.0 Å². The molecule has 1 aromatic rings. The molecule has 1 aromatic carbocycles. The lowest BCUT2D eigenvalue weighted by Crippen LogP contribution is -2.33. The van der Waals surface area contributed by atoms with Crippen molar-refractivity contribution in [3.8, 4) is 0 Å². The van der Waals surface area contributed by atoms with Crippen molar-refractivity contribution in [1.29, 1.82) is 0 Å². The fraction of sp³-hybridized carbons (Fsp3) is 0.462.